The van der Waals surface area contributed by atoms with Crippen LogP contribution in [0, 0.1) is 0 Å². The van der Waals surface area contributed by atoms with Crippen LogP contribution in [0.4, 0.5) is 0 Å². The largest absolute Gasteiger partial charge is 0.252 e. The van der Waals surface area contributed by atoms with E-state index in [4.69, 9.17) is 0 Å². The summed E-state index contributed by atoms with van der Waals surface area (Å²) >= 11 is 0. The van der Waals surface area contributed by atoms with Crippen LogP contribution in [0.3, 0.4) is 0 Å². The van der Waals surface area contributed by atoms with E-state index in [1.807, 2.05) is 41.0 Å². The first-order chi connectivity index (χ1) is 6.45. The summed E-state index contributed by atoms with van der Waals surface area (Å²) in [6, 6.07) is 9.83. The SMILES string of the molecule is c1cnc2c(c1)nn1ccccc21. The molecule has 0 amide bonds. The molecule has 0 radical (unpaired) electrons. The van der Waals surface area contributed by atoms with Crippen molar-refractivity contribution in [1.29, 1.82) is 0 Å². The lowest BCUT2D eigenvalue weighted by Crippen LogP contribution is -1.82. The fourth-order valence-corrected chi connectivity index (χ4v) is 1.50. The van der Waals surface area contributed by atoms with Gasteiger partial charge in [0.15, 0.2) is 0 Å². The van der Waals surface area contributed by atoms with Gasteiger partial charge in [0.2, 0.25) is 0 Å². The van der Waals surface area contributed by atoms with Gasteiger partial charge in [0.25, 0.3) is 0 Å². The van der Waals surface area contributed by atoms with Gasteiger partial charge in [0.1, 0.15) is 11.0 Å². The second kappa shape index (κ2) is 2.29. The molecule has 62 valence electrons. The lowest BCUT2D eigenvalue weighted by molar-refractivity contribution is 0.982. The van der Waals surface area contributed by atoms with Crippen molar-refractivity contribution in [2.24, 2.45) is 0 Å². The van der Waals surface area contributed by atoms with Crippen LogP contribution < -0.4 is 0 Å². The molecule has 3 heterocycles. The van der Waals surface area contributed by atoms with Crippen LogP contribution in [0.5, 0.6) is 0 Å². The molecule has 0 unspecified atom stereocenters. The van der Waals surface area contributed by atoms with E-state index in [-0.39, 0.29) is 0 Å². The minimum atomic E-state index is 0.939. The van der Waals surface area contributed by atoms with Gasteiger partial charge in [-0.05, 0) is 24.3 Å². The van der Waals surface area contributed by atoms with Gasteiger partial charge in [-0.25, -0.2) is 4.52 Å². The number of hydrogen-bond acceptors (Lipinski definition) is 2. The molecule has 0 fully saturated rings. The van der Waals surface area contributed by atoms with Crippen LogP contribution in [-0.2, 0) is 0 Å². The molecule has 3 nitrogen and oxygen atoms in total. The van der Waals surface area contributed by atoms with Crippen molar-refractivity contribution in [1.82, 2.24) is 14.6 Å². The number of hydrogen-bond donors (Lipinski definition) is 0. The van der Waals surface area contributed by atoms with Crippen LogP contribution in [-0.4, -0.2) is 14.6 Å². The Balaban J connectivity index is 2.64. The van der Waals surface area contributed by atoms with E-state index < -0.39 is 0 Å². The summed E-state index contributed by atoms with van der Waals surface area (Å²) in [5, 5.41) is 4.37. The molecule has 0 saturated heterocycles. The molecule has 0 spiro atoms. The van der Waals surface area contributed by atoms with Gasteiger partial charge in [0, 0.05) is 12.4 Å². The molecule has 0 N–H and O–H groups in total. The van der Waals surface area contributed by atoms with Crippen molar-refractivity contribution < 1.29 is 0 Å². The van der Waals surface area contributed by atoms with Gasteiger partial charge in [0.05, 0.1) is 5.52 Å². The minimum Gasteiger partial charge on any atom is -0.252 e. The van der Waals surface area contributed by atoms with Crippen LogP contribution in [0.25, 0.3) is 16.6 Å². The third kappa shape index (κ3) is 0.839. The third-order valence-corrected chi connectivity index (χ3v) is 2.08. The number of aromatic nitrogens is 3. The summed E-state index contributed by atoms with van der Waals surface area (Å²) in [4.78, 5) is 4.29. The summed E-state index contributed by atoms with van der Waals surface area (Å²) < 4.78 is 1.84. The maximum Gasteiger partial charge on any atom is 0.116 e. The highest BCUT2D eigenvalue weighted by molar-refractivity contribution is 5.90. The average molecular weight is 169 g/mol. The number of rotatable bonds is 0. The van der Waals surface area contributed by atoms with E-state index in [2.05, 4.69) is 10.1 Å². The predicted octanol–water partition coefficient (Wildman–Crippen LogP) is 1.88. The summed E-state index contributed by atoms with van der Waals surface area (Å²) in [5.41, 5.74) is 2.95. The van der Waals surface area contributed by atoms with Gasteiger partial charge in [-0.3, -0.25) is 4.98 Å². The highest BCUT2D eigenvalue weighted by atomic mass is 15.2. The first-order valence-corrected chi connectivity index (χ1v) is 4.13. The van der Waals surface area contributed by atoms with Gasteiger partial charge in [-0.15, -0.1) is 0 Å². The standard InChI is InChI=1S/C10H7N3/c1-2-7-13-9(5-1)10-8(12-13)4-3-6-11-10/h1-7H. The second-order valence-electron chi connectivity index (χ2n) is 2.90. The Morgan fingerprint density at radius 2 is 2.08 bits per heavy atom. The van der Waals surface area contributed by atoms with Crippen LogP contribution in [0.2, 0.25) is 0 Å². The van der Waals surface area contributed by atoms with Crippen molar-refractivity contribution in [3.05, 3.63) is 42.7 Å². The van der Waals surface area contributed by atoms with Crippen molar-refractivity contribution >= 4 is 16.6 Å². The molecule has 3 heteroatoms. The summed E-state index contributed by atoms with van der Waals surface area (Å²) in [6.07, 6.45) is 3.72. The van der Waals surface area contributed by atoms with Crippen molar-refractivity contribution in [2.75, 3.05) is 0 Å². The Kier molecular flexibility index (Phi) is 1.16. The molecule has 3 aromatic rings. The smallest absolute Gasteiger partial charge is 0.116 e. The second-order valence-corrected chi connectivity index (χ2v) is 2.90. The molecule has 0 saturated carbocycles. The lowest BCUT2D eigenvalue weighted by atomic mass is 10.3. The van der Waals surface area contributed by atoms with Crippen LogP contribution in [0.15, 0.2) is 42.7 Å². The highest BCUT2D eigenvalue weighted by Gasteiger charge is 2.02. The van der Waals surface area contributed by atoms with Crippen molar-refractivity contribution in [3.63, 3.8) is 0 Å². The molecule has 0 aliphatic rings. The van der Waals surface area contributed by atoms with Gasteiger partial charge in [-0.1, -0.05) is 6.07 Å². The Bertz CT molecular complexity index is 518. The number of pyridine rings is 2. The number of fused-ring (bicyclic) bond motifs is 3. The van der Waals surface area contributed by atoms with Gasteiger partial charge < -0.3 is 0 Å². The molecule has 0 aromatic carbocycles. The molecule has 3 rings (SSSR count). The summed E-state index contributed by atoms with van der Waals surface area (Å²) in [6.45, 7) is 0. The quantitative estimate of drug-likeness (QED) is 0.514. The van der Waals surface area contributed by atoms with E-state index in [0.717, 1.165) is 16.6 Å². The zero-order valence-electron chi connectivity index (χ0n) is 6.88. The molecule has 0 aliphatic carbocycles. The Labute approximate surface area is 74.6 Å². The van der Waals surface area contributed by atoms with Gasteiger partial charge in [-0.2, -0.15) is 5.10 Å². The molecule has 13 heavy (non-hydrogen) atoms. The zero-order valence-corrected chi connectivity index (χ0v) is 6.88. The van der Waals surface area contributed by atoms with E-state index >= 15 is 0 Å². The van der Waals surface area contributed by atoms with Crippen LogP contribution >= 0.6 is 0 Å². The molecular formula is C10H7N3. The maximum absolute atomic E-state index is 4.37. The van der Waals surface area contributed by atoms with E-state index in [1.165, 1.54) is 0 Å². The zero-order chi connectivity index (χ0) is 8.67. The minimum absolute atomic E-state index is 0.939. The van der Waals surface area contributed by atoms with E-state index in [9.17, 15) is 0 Å². The molecule has 0 aliphatic heterocycles. The van der Waals surface area contributed by atoms with E-state index in [1.54, 1.807) is 6.20 Å². The Hall–Kier alpha value is -1.90. The van der Waals surface area contributed by atoms with Crippen molar-refractivity contribution in [2.45, 2.75) is 0 Å². The predicted molar refractivity (Wildman–Crippen MR) is 50.5 cm³/mol. The van der Waals surface area contributed by atoms with E-state index in [0.29, 0.717) is 0 Å². The fourth-order valence-electron chi connectivity index (χ4n) is 1.50. The molecule has 3 aromatic heterocycles. The monoisotopic (exact) mass is 169 g/mol. The number of nitrogens with zero attached hydrogens (tertiary/aromatic N) is 3. The average Bonchev–Trinajstić information content (AvgIpc) is 2.56. The summed E-state index contributed by atoms with van der Waals surface area (Å²) in [5.74, 6) is 0. The first-order valence-electron chi connectivity index (χ1n) is 4.13. The third-order valence-electron chi connectivity index (χ3n) is 2.08. The normalized spacial score (nSPS) is 11.1. The van der Waals surface area contributed by atoms with Crippen LogP contribution in [0.1, 0.15) is 0 Å². The Morgan fingerprint density at radius 1 is 1.08 bits per heavy atom. The highest BCUT2D eigenvalue weighted by Crippen LogP contribution is 2.15. The molecular weight excluding hydrogens is 162 g/mol. The lowest BCUT2D eigenvalue weighted by Gasteiger charge is -1.88. The summed E-state index contributed by atoms with van der Waals surface area (Å²) in [7, 11) is 0. The van der Waals surface area contributed by atoms with Gasteiger partial charge >= 0.3 is 0 Å². The maximum atomic E-state index is 4.37. The molecule has 0 atom stereocenters. The Morgan fingerprint density at radius 3 is 3.08 bits per heavy atom. The fraction of sp³-hybridized carbons (Fsp3) is 0. The molecule has 0 bridgehead atoms. The topological polar surface area (TPSA) is 30.2 Å². The van der Waals surface area contributed by atoms with Crippen molar-refractivity contribution in [3.8, 4) is 0 Å². The first kappa shape index (κ1) is 6.60.